The standard InChI is InChI=1S/C59H55FN4O10/c1-39(65)72-36-58(71,37-73-40(2)66)56(69)52(68)35-43-19-24-45(25-20-43)55-51(32-33-53(74-41(3)67)44-26-28-49(60)29-27-44)57(70)64(55)50-30-21-42(22-31-50)23-34-54-61-38-63(62-54)59(46-13-7-4-8-14-46,47-15-9-5-10-16-47)48-17-11-6-12-18-48/h4-22,24-31,38,51-53,55-56,68-69,71H,32-33,35-37H2,1-3H3/t51-,52?,53+,55-,56?/m1/s1. The Hall–Kier alpha value is -8.29. The molecule has 0 saturated carbocycles. The molecule has 5 atom stereocenters. The molecule has 0 aliphatic carbocycles. The highest BCUT2D eigenvalue weighted by Crippen LogP contribution is 2.47. The van der Waals surface area contributed by atoms with Gasteiger partial charge >= 0.3 is 17.9 Å². The summed E-state index contributed by atoms with van der Waals surface area (Å²) in [7, 11) is 0. The van der Waals surface area contributed by atoms with Gasteiger partial charge in [-0.05, 0) is 88.5 Å². The average Bonchev–Trinajstić information content (AvgIpc) is 3.89. The molecule has 14 nitrogen and oxygen atoms in total. The predicted molar refractivity (Wildman–Crippen MR) is 271 cm³/mol. The van der Waals surface area contributed by atoms with Crippen molar-refractivity contribution in [3.05, 3.63) is 221 Å². The number of aliphatic hydroxyl groups is 3. The molecule has 1 aliphatic rings. The van der Waals surface area contributed by atoms with Gasteiger partial charge in [0.25, 0.3) is 0 Å². The van der Waals surface area contributed by atoms with Crippen molar-refractivity contribution < 1.29 is 53.1 Å². The van der Waals surface area contributed by atoms with Crippen LogP contribution in [-0.2, 0) is 45.3 Å². The van der Waals surface area contributed by atoms with E-state index in [0.29, 0.717) is 34.6 Å². The second kappa shape index (κ2) is 23.1. The number of amides is 1. The zero-order chi connectivity index (χ0) is 52.4. The van der Waals surface area contributed by atoms with E-state index in [1.807, 2.05) is 83.5 Å². The van der Waals surface area contributed by atoms with Crippen LogP contribution in [0.2, 0.25) is 0 Å². The van der Waals surface area contributed by atoms with Crippen molar-refractivity contribution in [3.63, 3.8) is 0 Å². The number of nitrogens with zero attached hydrogens (tertiary/aromatic N) is 4. The fraction of sp³-hybridized carbons (Fsp3) is 0.254. The van der Waals surface area contributed by atoms with E-state index < -0.39 is 78.4 Å². The quantitative estimate of drug-likeness (QED) is 0.0237. The number of anilines is 1. The minimum absolute atomic E-state index is 0.158. The molecule has 0 radical (unpaired) electrons. The van der Waals surface area contributed by atoms with Crippen molar-refractivity contribution in [3.8, 4) is 11.8 Å². The fourth-order valence-corrected chi connectivity index (χ4v) is 9.48. The molecule has 15 heteroatoms. The first-order valence-electron chi connectivity index (χ1n) is 24.1. The maximum atomic E-state index is 14.3. The first-order chi connectivity index (χ1) is 35.7. The Bertz CT molecular complexity index is 2990. The molecular weight excluding hydrogens is 944 g/mol. The lowest BCUT2D eigenvalue weighted by Crippen LogP contribution is -2.56. The van der Waals surface area contributed by atoms with Crippen LogP contribution in [0.25, 0.3) is 0 Å². The average molecular weight is 999 g/mol. The van der Waals surface area contributed by atoms with Gasteiger partial charge in [0.15, 0.2) is 5.60 Å². The first-order valence-corrected chi connectivity index (χ1v) is 24.1. The Morgan fingerprint density at radius 3 is 1.76 bits per heavy atom. The van der Waals surface area contributed by atoms with E-state index in [0.717, 1.165) is 36.1 Å². The SMILES string of the molecule is CC(=O)OCC(O)(COC(C)=O)C(O)C(O)Cc1ccc([C@@H]2[C@@H](CC[C@H](OC(C)=O)c3ccc(F)cc3)C(=O)N2c2ccc(C#Cc3ncn(C(c4ccccc4)(c4ccccc4)c4ccccc4)n3)cc2)cc1. The summed E-state index contributed by atoms with van der Waals surface area (Å²) in [4.78, 5) is 55.9. The van der Waals surface area contributed by atoms with Gasteiger partial charge < -0.3 is 34.4 Å². The Labute approximate surface area is 428 Å². The van der Waals surface area contributed by atoms with Gasteiger partial charge in [-0.1, -0.05) is 133 Å². The lowest BCUT2D eigenvalue weighted by molar-refractivity contribution is -0.190. The van der Waals surface area contributed by atoms with Crippen LogP contribution in [-0.4, -0.2) is 84.9 Å². The van der Waals surface area contributed by atoms with Gasteiger partial charge in [0.1, 0.15) is 43.1 Å². The minimum Gasteiger partial charge on any atom is -0.463 e. The molecule has 1 saturated heterocycles. The van der Waals surface area contributed by atoms with E-state index >= 15 is 0 Å². The summed E-state index contributed by atoms with van der Waals surface area (Å²) in [6.07, 6.45) is -2.12. The van der Waals surface area contributed by atoms with Crippen LogP contribution in [0, 0.1) is 23.6 Å². The van der Waals surface area contributed by atoms with E-state index in [1.165, 1.54) is 19.1 Å². The zero-order valence-corrected chi connectivity index (χ0v) is 41.0. The molecule has 1 amide bonds. The van der Waals surface area contributed by atoms with Gasteiger partial charge in [0.2, 0.25) is 11.7 Å². The van der Waals surface area contributed by atoms with Crippen LogP contribution >= 0.6 is 0 Å². The number of hydrogen-bond donors (Lipinski definition) is 3. The van der Waals surface area contributed by atoms with Gasteiger partial charge in [-0.3, -0.25) is 19.2 Å². The number of aromatic nitrogens is 3. The third-order valence-corrected chi connectivity index (χ3v) is 13.1. The molecule has 378 valence electrons. The number of hydrogen-bond acceptors (Lipinski definition) is 12. The van der Waals surface area contributed by atoms with Crippen LogP contribution in [0.4, 0.5) is 10.1 Å². The lowest BCUT2D eigenvalue weighted by Gasteiger charge is -2.48. The lowest BCUT2D eigenvalue weighted by atomic mass is 9.77. The van der Waals surface area contributed by atoms with Crippen LogP contribution in [0.5, 0.6) is 0 Å². The highest BCUT2D eigenvalue weighted by Gasteiger charge is 2.49. The van der Waals surface area contributed by atoms with Gasteiger partial charge in [0, 0.05) is 38.4 Å². The second-order valence-corrected chi connectivity index (χ2v) is 18.2. The molecular formula is C59H55FN4O10. The normalized spacial score (nSPS) is 15.7. The third kappa shape index (κ3) is 11.6. The van der Waals surface area contributed by atoms with Crippen molar-refractivity contribution >= 4 is 29.5 Å². The Kier molecular flexibility index (Phi) is 16.2. The number of carbonyl (C=O) groups excluding carboxylic acids is 4. The molecule has 1 aromatic heterocycles. The van der Waals surface area contributed by atoms with Gasteiger partial charge in [0.05, 0.1) is 18.1 Å². The maximum absolute atomic E-state index is 14.3. The maximum Gasteiger partial charge on any atom is 0.303 e. The van der Waals surface area contributed by atoms with Crippen LogP contribution in [0.3, 0.4) is 0 Å². The molecule has 8 rings (SSSR count). The predicted octanol–water partition coefficient (Wildman–Crippen LogP) is 7.57. The minimum atomic E-state index is -2.31. The molecule has 74 heavy (non-hydrogen) atoms. The molecule has 0 bridgehead atoms. The Morgan fingerprint density at radius 1 is 0.703 bits per heavy atom. The number of benzene rings is 6. The summed E-state index contributed by atoms with van der Waals surface area (Å²) in [5.74, 6) is 3.41. The molecule has 1 aliphatic heterocycles. The van der Waals surface area contributed by atoms with Crippen LogP contribution in [0.1, 0.15) is 90.5 Å². The summed E-state index contributed by atoms with van der Waals surface area (Å²) >= 11 is 0. The van der Waals surface area contributed by atoms with Gasteiger partial charge in [-0.2, -0.15) is 0 Å². The first kappa shape index (κ1) is 52.0. The monoisotopic (exact) mass is 998 g/mol. The summed E-state index contributed by atoms with van der Waals surface area (Å²) in [6.45, 7) is 2.03. The summed E-state index contributed by atoms with van der Waals surface area (Å²) in [5.41, 5.74) is 2.91. The van der Waals surface area contributed by atoms with Crippen molar-refractivity contribution in [2.45, 2.75) is 75.5 Å². The topological polar surface area (TPSA) is 191 Å². The van der Waals surface area contributed by atoms with Crippen molar-refractivity contribution in [1.29, 1.82) is 0 Å². The van der Waals surface area contributed by atoms with E-state index in [4.69, 9.17) is 19.3 Å². The summed E-state index contributed by atoms with van der Waals surface area (Å²) in [6, 6.07) is 49.8. The summed E-state index contributed by atoms with van der Waals surface area (Å²) < 4.78 is 31.2. The van der Waals surface area contributed by atoms with Crippen molar-refractivity contribution in [1.82, 2.24) is 14.8 Å². The zero-order valence-electron chi connectivity index (χ0n) is 41.0. The molecule has 6 aromatic carbocycles. The molecule has 0 spiro atoms. The van der Waals surface area contributed by atoms with Crippen LogP contribution < -0.4 is 4.90 Å². The largest absolute Gasteiger partial charge is 0.463 e. The van der Waals surface area contributed by atoms with Gasteiger partial charge in [-0.15, -0.1) is 5.10 Å². The van der Waals surface area contributed by atoms with E-state index in [2.05, 4.69) is 53.2 Å². The fourth-order valence-electron chi connectivity index (χ4n) is 9.48. The molecule has 7 aromatic rings. The number of rotatable bonds is 19. The van der Waals surface area contributed by atoms with E-state index in [1.54, 1.807) is 47.6 Å². The molecule has 2 heterocycles. The van der Waals surface area contributed by atoms with Gasteiger partial charge in [-0.25, -0.2) is 14.1 Å². The molecule has 3 N–H and O–H groups in total. The Morgan fingerprint density at radius 2 is 1.24 bits per heavy atom. The number of aliphatic hydroxyl groups excluding tert-OH is 2. The molecule has 2 unspecified atom stereocenters. The highest BCUT2D eigenvalue weighted by molar-refractivity contribution is 6.03. The third-order valence-electron chi connectivity index (χ3n) is 13.1. The number of ether oxygens (including phenoxy) is 3. The Balaban J connectivity index is 1.05. The number of halogens is 1. The van der Waals surface area contributed by atoms with Crippen LogP contribution in [0.15, 0.2) is 170 Å². The summed E-state index contributed by atoms with van der Waals surface area (Å²) in [5, 5.41) is 38.3. The van der Waals surface area contributed by atoms with E-state index in [-0.39, 0.29) is 18.7 Å². The van der Waals surface area contributed by atoms with E-state index in [9.17, 15) is 38.9 Å². The number of carbonyl (C=O) groups is 4. The molecule has 1 fully saturated rings. The smallest absolute Gasteiger partial charge is 0.303 e. The van der Waals surface area contributed by atoms with Crippen molar-refractivity contribution in [2.75, 3.05) is 18.1 Å². The number of β-lactam (4-membered cyclic amide) rings is 1. The highest BCUT2D eigenvalue weighted by atomic mass is 19.1. The number of esters is 3. The second-order valence-electron chi connectivity index (χ2n) is 18.2. The van der Waals surface area contributed by atoms with Crippen molar-refractivity contribution in [2.24, 2.45) is 5.92 Å².